The third-order valence-corrected chi connectivity index (χ3v) is 6.03. The van der Waals surface area contributed by atoms with Crippen molar-refractivity contribution in [2.24, 2.45) is 0 Å². The summed E-state index contributed by atoms with van der Waals surface area (Å²) < 4.78 is 29.7. The number of aliphatic hydroxyl groups excluding tert-OH is 1. The van der Waals surface area contributed by atoms with Gasteiger partial charge in [0.25, 0.3) is 0 Å². The summed E-state index contributed by atoms with van der Waals surface area (Å²) >= 11 is 0. The van der Waals surface area contributed by atoms with Gasteiger partial charge in [0.1, 0.15) is 35.4 Å². The first-order valence-corrected chi connectivity index (χ1v) is 11.9. The molecule has 0 spiro atoms. The first-order chi connectivity index (χ1) is 16.8. The molecular formula is C25H38FN3O7. The van der Waals surface area contributed by atoms with E-state index in [0.717, 1.165) is 4.90 Å². The maximum Gasteiger partial charge on any atom is 0.410 e. The van der Waals surface area contributed by atoms with Crippen molar-refractivity contribution in [1.82, 2.24) is 15.1 Å². The number of benzene rings is 1. The van der Waals surface area contributed by atoms with Crippen LogP contribution in [0.5, 0.6) is 5.75 Å². The molecule has 202 valence electrons. The zero-order valence-corrected chi connectivity index (χ0v) is 22.0. The molecule has 3 amide bonds. The predicted octanol–water partition coefficient (Wildman–Crippen LogP) is 1.94. The lowest BCUT2D eigenvalue weighted by Crippen LogP contribution is -2.59. The summed E-state index contributed by atoms with van der Waals surface area (Å²) in [5.74, 6) is -0.961. The number of carbonyl (C=O) groups excluding carboxylic acids is 3. The summed E-state index contributed by atoms with van der Waals surface area (Å²) in [6, 6.07) is 3.00. The predicted molar refractivity (Wildman–Crippen MR) is 130 cm³/mol. The van der Waals surface area contributed by atoms with Gasteiger partial charge < -0.3 is 29.5 Å². The Morgan fingerprint density at radius 3 is 2.36 bits per heavy atom. The van der Waals surface area contributed by atoms with E-state index < -0.39 is 59.7 Å². The molecule has 2 N–H and O–H groups in total. The number of ether oxygens (including phenoxy) is 3. The second-order valence-corrected chi connectivity index (χ2v) is 9.95. The van der Waals surface area contributed by atoms with Crippen LogP contribution in [-0.2, 0) is 19.1 Å². The van der Waals surface area contributed by atoms with Crippen LogP contribution in [0, 0.1) is 5.82 Å². The molecule has 1 aliphatic rings. The van der Waals surface area contributed by atoms with Crippen molar-refractivity contribution in [2.75, 3.05) is 27.3 Å². The number of nitrogens with zero attached hydrogens (tertiary/aromatic N) is 2. The zero-order valence-electron chi connectivity index (χ0n) is 22.0. The smallest absolute Gasteiger partial charge is 0.410 e. The third kappa shape index (κ3) is 7.79. The van der Waals surface area contributed by atoms with Gasteiger partial charge in [-0.05, 0) is 58.9 Å². The third-order valence-electron chi connectivity index (χ3n) is 6.03. The summed E-state index contributed by atoms with van der Waals surface area (Å²) in [6.45, 7) is 8.20. The van der Waals surface area contributed by atoms with Gasteiger partial charge in [-0.2, -0.15) is 0 Å². The number of carbonyl (C=O) groups is 3. The van der Waals surface area contributed by atoms with Gasteiger partial charge in [-0.15, -0.1) is 0 Å². The molecule has 36 heavy (non-hydrogen) atoms. The van der Waals surface area contributed by atoms with Crippen LogP contribution in [0.15, 0.2) is 24.3 Å². The molecule has 1 aromatic rings. The van der Waals surface area contributed by atoms with E-state index in [1.807, 2.05) is 0 Å². The average molecular weight is 512 g/mol. The maximum absolute atomic E-state index is 13.5. The molecule has 2 unspecified atom stereocenters. The molecule has 0 aliphatic carbocycles. The van der Waals surface area contributed by atoms with E-state index in [1.54, 1.807) is 27.7 Å². The quantitative estimate of drug-likeness (QED) is 0.520. The van der Waals surface area contributed by atoms with Crippen molar-refractivity contribution in [1.29, 1.82) is 0 Å². The minimum Gasteiger partial charge on any atom is -0.489 e. The Labute approximate surface area is 211 Å². The van der Waals surface area contributed by atoms with Gasteiger partial charge in [0.15, 0.2) is 0 Å². The average Bonchev–Trinajstić information content (AvgIpc) is 3.23. The Morgan fingerprint density at radius 1 is 1.22 bits per heavy atom. The summed E-state index contributed by atoms with van der Waals surface area (Å²) in [4.78, 5) is 41.5. The van der Waals surface area contributed by atoms with E-state index in [9.17, 15) is 23.9 Å². The Bertz CT molecular complexity index is 906. The second kappa shape index (κ2) is 12.4. The van der Waals surface area contributed by atoms with Crippen molar-refractivity contribution < 1.29 is 38.1 Å². The number of likely N-dealkylation sites (N-methyl/N-ethyl adjacent to an activating group) is 1. The van der Waals surface area contributed by atoms with E-state index in [0.29, 0.717) is 12.2 Å². The molecule has 5 atom stereocenters. The number of rotatable bonds is 9. The largest absolute Gasteiger partial charge is 0.489 e. The van der Waals surface area contributed by atoms with E-state index >= 15 is 0 Å². The Hall–Kier alpha value is -2.92. The Morgan fingerprint density at radius 2 is 1.83 bits per heavy atom. The molecule has 0 saturated carbocycles. The minimum atomic E-state index is -1.07. The molecule has 1 aliphatic heterocycles. The van der Waals surface area contributed by atoms with Crippen molar-refractivity contribution in [3.63, 3.8) is 0 Å². The summed E-state index contributed by atoms with van der Waals surface area (Å²) in [5, 5.41) is 12.6. The van der Waals surface area contributed by atoms with E-state index in [4.69, 9.17) is 14.2 Å². The van der Waals surface area contributed by atoms with Gasteiger partial charge in [-0.3, -0.25) is 14.5 Å². The van der Waals surface area contributed by atoms with Crippen LogP contribution in [0.25, 0.3) is 0 Å². The lowest BCUT2D eigenvalue weighted by Gasteiger charge is -2.33. The van der Waals surface area contributed by atoms with Crippen LogP contribution in [0.2, 0.25) is 0 Å². The fraction of sp³-hybridized carbons (Fsp3) is 0.640. The lowest BCUT2D eigenvalue weighted by molar-refractivity contribution is -0.142. The van der Waals surface area contributed by atoms with E-state index in [2.05, 4.69) is 5.32 Å². The van der Waals surface area contributed by atoms with Crippen molar-refractivity contribution in [3.05, 3.63) is 30.1 Å². The number of hydrogen-bond donors (Lipinski definition) is 2. The van der Waals surface area contributed by atoms with Crippen LogP contribution in [0.3, 0.4) is 0 Å². The molecule has 0 bridgehead atoms. The van der Waals surface area contributed by atoms with Gasteiger partial charge >= 0.3 is 6.09 Å². The highest BCUT2D eigenvalue weighted by atomic mass is 19.1. The van der Waals surface area contributed by atoms with Gasteiger partial charge in [0.2, 0.25) is 11.8 Å². The minimum absolute atomic E-state index is 0.164. The highest BCUT2D eigenvalue weighted by molar-refractivity contribution is 5.91. The number of nitrogens with one attached hydrogen (secondary N) is 1. The Kier molecular flexibility index (Phi) is 10.1. The van der Waals surface area contributed by atoms with Gasteiger partial charge in [0.05, 0.1) is 25.3 Å². The van der Waals surface area contributed by atoms with Crippen LogP contribution < -0.4 is 10.1 Å². The number of hydrogen-bond acceptors (Lipinski definition) is 7. The topological polar surface area (TPSA) is 118 Å². The highest BCUT2D eigenvalue weighted by Gasteiger charge is 2.41. The fourth-order valence-corrected chi connectivity index (χ4v) is 3.74. The molecule has 1 heterocycles. The molecule has 1 aromatic carbocycles. The SMILES string of the molecule is COC(C)[C@H](NC(=O)[C@H](C)N(C)C(=O)OC(C)(C)C)C(=O)N1C[C@@H](Oc2ccc(F)cc2)CC1CO. The molecule has 0 radical (unpaired) electrons. The fourth-order valence-electron chi connectivity index (χ4n) is 3.74. The zero-order chi connectivity index (χ0) is 27.2. The molecular weight excluding hydrogens is 473 g/mol. The summed E-state index contributed by atoms with van der Waals surface area (Å²) in [5.41, 5.74) is -0.730. The number of likely N-dealkylation sites (tertiary alicyclic amines) is 1. The van der Waals surface area contributed by atoms with Gasteiger partial charge in [-0.25, -0.2) is 9.18 Å². The maximum atomic E-state index is 13.5. The molecule has 0 aromatic heterocycles. The molecule has 1 saturated heterocycles. The van der Waals surface area contributed by atoms with Gasteiger partial charge in [0, 0.05) is 20.6 Å². The van der Waals surface area contributed by atoms with Crippen LogP contribution >= 0.6 is 0 Å². The van der Waals surface area contributed by atoms with Crippen LogP contribution in [-0.4, -0.2) is 96.1 Å². The van der Waals surface area contributed by atoms with Crippen molar-refractivity contribution in [2.45, 2.75) is 77.0 Å². The van der Waals surface area contributed by atoms with E-state index in [1.165, 1.54) is 50.2 Å². The van der Waals surface area contributed by atoms with Crippen LogP contribution in [0.4, 0.5) is 9.18 Å². The van der Waals surface area contributed by atoms with Crippen molar-refractivity contribution in [3.8, 4) is 5.75 Å². The van der Waals surface area contributed by atoms with Crippen molar-refractivity contribution >= 4 is 17.9 Å². The summed E-state index contributed by atoms with van der Waals surface area (Å²) in [6.07, 6.45) is -1.44. The number of methoxy groups -OCH3 is 1. The normalized spacial score (nSPS) is 20.3. The first-order valence-electron chi connectivity index (χ1n) is 11.9. The van der Waals surface area contributed by atoms with E-state index in [-0.39, 0.29) is 13.2 Å². The molecule has 10 nitrogen and oxygen atoms in total. The molecule has 1 fully saturated rings. The molecule has 11 heteroatoms. The monoisotopic (exact) mass is 511 g/mol. The first kappa shape index (κ1) is 29.3. The molecule has 2 rings (SSSR count). The second-order valence-electron chi connectivity index (χ2n) is 9.95. The lowest BCUT2D eigenvalue weighted by atomic mass is 10.1. The van der Waals surface area contributed by atoms with Gasteiger partial charge in [-0.1, -0.05) is 0 Å². The number of amides is 3. The highest BCUT2D eigenvalue weighted by Crippen LogP contribution is 2.24. The number of aliphatic hydroxyl groups is 1. The Balaban J connectivity index is 2.12. The number of halogens is 1. The standard InChI is InChI=1S/C25H38FN3O7/c1-15(28(6)24(33)36-25(3,4)5)22(31)27-21(16(2)34-7)23(32)29-13-20(12-18(29)14-30)35-19-10-8-17(26)9-11-19/h8-11,15-16,18,20-21,30H,12-14H2,1-7H3,(H,27,31)/t15-,16?,18?,20-,21-/m0/s1. The summed E-state index contributed by atoms with van der Waals surface area (Å²) in [7, 11) is 2.86. The van der Waals surface area contributed by atoms with Crippen LogP contribution in [0.1, 0.15) is 41.0 Å².